The molecule has 0 aliphatic heterocycles. The predicted molar refractivity (Wildman–Crippen MR) is 94.5 cm³/mol. The van der Waals surface area contributed by atoms with Crippen LogP contribution < -0.4 is 14.8 Å². The van der Waals surface area contributed by atoms with Crippen molar-refractivity contribution < 1.29 is 18.1 Å². The quantitative estimate of drug-likeness (QED) is 0.422. The molecule has 8 nitrogen and oxygen atoms in total. The minimum absolute atomic E-state index is 0.00204. The standard InChI is InChI=1S/C16H19N3O5S/c1-12-3-8-15(24-2)16(11-12)25(22,23)18-10-9-17-13-4-6-14(7-5-13)19(20)21/h3-8,11,17-18H,9-10H2,1-2H3. The van der Waals surface area contributed by atoms with Gasteiger partial charge in [0, 0.05) is 30.9 Å². The van der Waals surface area contributed by atoms with E-state index in [4.69, 9.17) is 4.74 Å². The van der Waals surface area contributed by atoms with Gasteiger partial charge in [0.25, 0.3) is 5.69 Å². The fraction of sp³-hybridized carbons (Fsp3) is 0.250. The van der Waals surface area contributed by atoms with Gasteiger partial charge in [-0.3, -0.25) is 10.1 Å². The van der Waals surface area contributed by atoms with Crippen molar-refractivity contribution in [1.82, 2.24) is 4.72 Å². The minimum Gasteiger partial charge on any atom is -0.495 e. The number of benzene rings is 2. The molecule has 0 unspecified atom stereocenters. The van der Waals surface area contributed by atoms with E-state index in [1.165, 1.54) is 19.2 Å². The Morgan fingerprint density at radius 3 is 2.40 bits per heavy atom. The summed E-state index contributed by atoms with van der Waals surface area (Å²) >= 11 is 0. The van der Waals surface area contributed by atoms with Crippen molar-refractivity contribution in [1.29, 1.82) is 0 Å². The van der Waals surface area contributed by atoms with Gasteiger partial charge in [0.05, 0.1) is 12.0 Å². The van der Waals surface area contributed by atoms with Gasteiger partial charge in [0.1, 0.15) is 10.6 Å². The molecule has 2 N–H and O–H groups in total. The van der Waals surface area contributed by atoms with Crippen LogP contribution in [0.5, 0.6) is 5.75 Å². The molecule has 0 spiro atoms. The molecule has 0 bridgehead atoms. The lowest BCUT2D eigenvalue weighted by Crippen LogP contribution is -2.29. The highest BCUT2D eigenvalue weighted by molar-refractivity contribution is 7.89. The van der Waals surface area contributed by atoms with Gasteiger partial charge >= 0.3 is 0 Å². The molecule has 0 amide bonds. The summed E-state index contributed by atoms with van der Waals surface area (Å²) in [7, 11) is -2.29. The van der Waals surface area contributed by atoms with Crippen molar-refractivity contribution in [2.24, 2.45) is 0 Å². The molecule has 0 aromatic heterocycles. The van der Waals surface area contributed by atoms with Crippen molar-refractivity contribution in [2.45, 2.75) is 11.8 Å². The summed E-state index contributed by atoms with van der Waals surface area (Å²) in [6.07, 6.45) is 0. The predicted octanol–water partition coefficient (Wildman–Crippen LogP) is 2.30. The number of sulfonamides is 1. The van der Waals surface area contributed by atoms with Gasteiger partial charge in [-0.1, -0.05) is 6.07 Å². The Kier molecular flexibility index (Phi) is 5.94. The smallest absolute Gasteiger partial charge is 0.269 e. The van der Waals surface area contributed by atoms with Gasteiger partial charge in [0.2, 0.25) is 10.0 Å². The van der Waals surface area contributed by atoms with Gasteiger partial charge in [-0.25, -0.2) is 13.1 Å². The molecule has 0 aliphatic carbocycles. The summed E-state index contributed by atoms with van der Waals surface area (Å²) < 4.78 is 32.4. The first-order valence-corrected chi connectivity index (χ1v) is 8.94. The van der Waals surface area contributed by atoms with Gasteiger partial charge in [-0.15, -0.1) is 0 Å². The second-order valence-corrected chi connectivity index (χ2v) is 7.02. The number of ether oxygens (including phenoxy) is 1. The van der Waals surface area contributed by atoms with Gasteiger partial charge in [-0.2, -0.15) is 0 Å². The Morgan fingerprint density at radius 2 is 1.80 bits per heavy atom. The molecular formula is C16H19N3O5S. The molecule has 0 heterocycles. The van der Waals surface area contributed by atoms with E-state index in [0.717, 1.165) is 5.56 Å². The number of nitro groups is 1. The zero-order valence-corrected chi connectivity index (χ0v) is 14.7. The molecule has 0 atom stereocenters. The average Bonchev–Trinajstić information content (AvgIpc) is 2.59. The molecule has 2 aromatic carbocycles. The fourth-order valence-electron chi connectivity index (χ4n) is 2.16. The van der Waals surface area contributed by atoms with Crippen LogP contribution in [0.1, 0.15) is 5.56 Å². The molecule has 0 saturated carbocycles. The number of hydrogen-bond donors (Lipinski definition) is 2. The van der Waals surface area contributed by atoms with Crippen LogP contribution in [0.25, 0.3) is 0 Å². The first-order chi connectivity index (χ1) is 11.8. The van der Waals surface area contributed by atoms with Crippen LogP contribution in [-0.4, -0.2) is 33.5 Å². The van der Waals surface area contributed by atoms with E-state index in [2.05, 4.69) is 10.0 Å². The van der Waals surface area contributed by atoms with Gasteiger partial charge < -0.3 is 10.1 Å². The number of nitrogens with one attached hydrogen (secondary N) is 2. The van der Waals surface area contributed by atoms with Crippen LogP contribution in [0.15, 0.2) is 47.4 Å². The summed E-state index contributed by atoms with van der Waals surface area (Å²) in [5.74, 6) is 0.279. The number of nitrogens with zero attached hydrogens (tertiary/aromatic N) is 1. The Hall–Kier alpha value is -2.65. The molecule has 0 aliphatic rings. The van der Waals surface area contributed by atoms with E-state index >= 15 is 0 Å². The maximum atomic E-state index is 12.4. The minimum atomic E-state index is -3.70. The highest BCUT2D eigenvalue weighted by atomic mass is 32.2. The summed E-state index contributed by atoms with van der Waals surface area (Å²) in [5.41, 5.74) is 1.47. The van der Waals surface area contributed by atoms with Crippen molar-refractivity contribution in [3.8, 4) is 5.75 Å². The van der Waals surface area contributed by atoms with Crippen LogP contribution in [-0.2, 0) is 10.0 Å². The van der Waals surface area contributed by atoms with E-state index in [9.17, 15) is 18.5 Å². The summed E-state index contributed by atoms with van der Waals surface area (Å²) in [4.78, 5) is 10.2. The van der Waals surface area contributed by atoms with Crippen LogP contribution >= 0.6 is 0 Å². The maximum Gasteiger partial charge on any atom is 0.269 e. The number of hydrogen-bond acceptors (Lipinski definition) is 6. The first-order valence-electron chi connectivity index (χ1n) is 7.46. The lowest BCUT2D eigenvalue weighted by atomic mass is 10.2. The molecule has 0 fully saturated rings. The van der Waals surface area contributed by atoms with Crippen LogP contribution in [0.4, 0.5) is 11.4 Å². The van der Waals surface area contributed by atoms with Gasteiger partial charge in [-0.05, 0) is 36.8 Å². The number of aryl methyl sites for hydroxylation is 1. The van der Waals surface area contributed by atoms with Crippen LogP contribution in [0, 0.1) is 17.0 Å². The summed E-state index contributed by atoms with van der Waals surface area (Å²) in [5, 5.41) is 13.6. The van der Waals surface area contributed by atoms with E-state index in [1.54, 1.807) is 37.3 Å². The highest BCUT2D eigenvalue weighted by Gasteiger charge is 2.19. The average molecular weight is 365 g/mol. The third-order valence-electron chi connectivity index (χ3n) is 3.43. The number of nitro benzene ring substituents is 1. The number of methoxy groups -OCH3 is 1. The SMILES string of the molecule is COc1ccc(C)cc1S(=O)(=O)NCCNc1ccc([N+](=O)[O-])cc1. The largest absolute Gasteiger partial charge is 0.495 e. The topological polar surface area (TPSA) is 111 Å². The Bertz CT molecular complexity index is 851. The Labute approximate surface area is 146 Å². The maximum absolute atomic E-state index is 12.4. The lowest BCUT2D eigenvalue weighted by Gasteiger charge is -2.12. The number of rotatable bonds is 8. The Morgan fingerprint density at radius 1 is 1.12 bits per heavy atom. The molecule has 9 heteroatoms. The molecule has 0 radical (unpaired) electrons. The molecule has 0 saturated heterocycles. The molecular weight excluding hydrogens is 346 g/mol. The summed E-state index contributed by atoms with van der Waals surface area (Å²) in [6, 6.07) is 10.8. The number of anilines is 1. The molecule has 2 aromatic rings. The first kappa shape index (κ1) is 18.7. The second-order valence-electron chi connectivity index (χ2n) is 5.28. The van der Waals surface area contributed by atoms with E-state index in [0.29, 0.717) is 12.2 Å². The third kappa shape index (κ3) is 4.91. The van der Waals surface area contributed by atoms with Crippen molar-refractivity contribution in [3.63, 3.8) is 0 Å². The fourth-order valence-corrected chi connectivity index (χ4v) is 3.45. The Balaban J connectivity index is 1.94. The molecule has 25 heavy (non-hydrogen) atoms. The normalized spacial score (nSPS) is 11.1. The second kappa shape index (κ2) is 7.95. The molecule has 2 rings (SSSR count). The van der Waals surface area contributed by atoms with Crippen molar-refractivity contribution in [2.75, 3.05) is 25.5 Å². The lowest BCUT2D eigenvalue weighted by molar-refractivity contribution is -0.384. The van der Waals surface area contributed by atoms with Crippen molar-refractivity contribution >= 4 is 21.4 Å². The zero-order chi connectivity index (χ0) is 18.4. The van der Waals surface area contributed by atoms with E-state index in [1.807, 2.05) is 0 Å². The van der Waals surface area contributed by atoms with E-state index in [-0.39, 0.29) is 22.9 Å². The number of non-ortho nitro benzene ring substituents is 1. The van der Waals surface area contributed by atoms with E-state index < -0.39 is 14.9 Å². The van der Waals surface area contributed by atoms with Crippen LogP contribution in [0.3, 0.4) is 0 Å². The van der Waals surface area contributed by atoms with Crippen molar-refractivity contribution in [3.05, 3.63) is 58.1 Å². The molecule has 134 valence electrons. The third-order valence-corrected chi connectivity index (χ3v) is 4.92. The van der Waals surface area contributed by atoms with Gasteiger partial charge in [0.15, 0.2) is 0 Å². The van der Waals surface area contributed by atoms with Crippen LogP contribution in [0.2, 0.25) is 0 Å². The zero-order valence-electron chi connectivity index (χ0n) is 13.9. The summed E-state index contributed by atoms with van der Waals surface area (Å²) in [6.45, 7) is 2.27. The highest BCUT2D eigenvalue weighted by Crippen LogP contribution is 2.24. The monoisotopic (exact) mass is 365 g/mol.